The average Bonchev–Trinajstić information content (AvgIpc) is 3.43. The summed E-state index contributed by atoms with van der Waals surface area (Å²) < 4.78 is 0. The quantitative estimate of drug-likeness (QED) is 0.249. The molecule has 0 spiro atoms. The van der Waals surface area contributed by atoms with E-state index in [2.05, 4.69) is 119 Å². The van der Waals surface area contributed by atoms with Crippen LogP contribution in [0.15, 0.2) is 67.8 Å². The highest BCUT2D eigenvalue weighted by Crippen LogP contribution is 2.46. The zero-order valence-electron chi connectivity index (χ0n) is 26.1. The van der Waals surface area contributed by atoms with Gasteiger partial charge < -0.3 is 0 Å². The van der Waals surface area contributed by atoms with Gasteiger partial charge in [-0.25, -0.2) is 0 Å². The summed E-state index contributed by atoms with van der Waals surface area (Å²) in [6.45, 7) is 34.3. The molecule has 2 heterocycles. The summed E-state index contributed by atoms with van der Waals surface area (Å²) in [7, 11) is 0. The van der Waals surface area contributed by atoms with Crippen molar-refractivity contribution in [2.45, 2.75) is 108 Å². The van der Waals surface area contributed by atoms with Crippen LogP contribution < -0.4 is 0 Å². The summed E-state index contributed by atoms with van der Waals surface area (Å²) in [5.41, 5.74) is 2.20. The monoisotopic (exact) mass is 540 g/mol. The van der Waals surface area contributed by atoms with Gasteiger partial charge in [0, 0.05) is 19.5 Å². The lowest BCUT2D eigenvalue weighted by Gasteiger charge is -2.36. The zero-order valence-corrected chi connectivity index (χ0v) is 27.8. The van der Waals surface area contributed by atoms with Crippen LogP contribution in [0.3, 0.4) is 0 Å². The van der Waals surface area contributed by atoms with Gasteiger partial charge in [0.15, 0.2) is 0 Å². The van der Waals surface area contributed by atoms with E-state index in [9.17, 15) is 0 Å². The van der Waals surface area contributed by atoms with Crippen molar-refractivity contribution in [3.63, 3.8) is 0 Å². The molecule has 0 amide bonds. The predicted octanol–water partition coefficient (Wildman–Crippen LogP) is 12.7. The Balaban J connectivity index is 0.000000841. The maximum Gasteiger partial charge on any atom is 0.0448 e. The van der Waals surface area contributed by atoms with Crippen LogP contribution in [0, 0.1) is 30.6 Å². The third-order valence-corrected chi connectivity index (χ3v) is 8.73. The Morgan fingerprint density at radius 3 is 1.81 bits per heavy atom. The highest BCUT2D eigenvalue weighted by molar-refractivity contribution is 7.22. The topological polar surface area (TPSA) is 0 Å². The first-order valence-electron chi connectivity index (χ1n) is 14.0. The van der Waals surface area contributed by atoms with Crippen molar-refractivity contribution in [3.05, 3.63) is 83.1 Å². The molecule has 0 aliphatic heterocycles. The Morgan fingerprint density at radius 2 is 1.38 bits per heavy atom. The minimum absolute atomic E-state index is 0.160. The molecular weight excluding hydrogens is 485 g/mol. The second-order valence-electron chi connectivity index (χ2n) is 11.8. The van der Waals surface area contributed by atoms with Gasteiger partial charge >= 0.3 is 0 Å². The first-order valence-corrected chi connectivity index (χ1v) is 15.6. The summed E-state index contributed by atoms with van der Waals surface area (Å²) in [5, 5.41) is 0. The first-order chi connectivity index (χ1) is 17.2. The van der Waals surface area contributed by atoms with Crippen molar-refractivity contribution < 1.29 is 0 Å². The van der Waals surface area contributed by atoms with Crippen molar-refractivity contribution in [3.8, 4) is 9.75 Å². The van der Waals surface area contributed by atoms with E-state index >= 15 is 0 Å². The van der Waals surface area contributed by atoms with Crippen LogP contribution in [-0.4, -0.2) is 0 Å². The average molecular weight is 541 g/mol. The molecule has 0 aliphatic carbocycles. The van der Waals surface area contributed by atoms with Crippen LogP contribution in [-0.2, 0) is 5.41 Å². The van der Waals surface area contributed by atoms with Crippen LogP contribution in [0.5, 0.6) is 0 Å². The van der Waals surface area contributed by atoms with Gasteiger partial charge in [-0.15, -0.1) is 22.7 Å². The summed E-state index contributed by atoms with van der Waals surface area (Å²) in [6, 6.07) is 6.92. The van der Waals surface area contributed by atoms with Crippen molar-refractivity contribution in [1.29, 1.82) is 0 Å². The molecule has 1 unspecified atom stereocenters. The van der Waals surface area contributed by atoms with E-state index < -0.39 is 0 Å². The van der Waals surface area contributed by atoms with Crippen molar-refractivity contribution in [2.24, 2.45) is 16.7 Å². The summed E-state index contributed by atoms with van der Waals surface area (Å²) >= 11 is 3.84. The largest absolute Gasteiger partial charge is 0.140 e. The molecule has 0 saturated heterocycles. The summed E-state index contributed by atoms with van der Waals surface area (Å²) in [5.74, 6) is 0.763. The van der Waals surface area contributed by atoms with E-state index in [1.165, 1.54) is 31.5 Å². The molecule has 2 rings (SSSR count). The fourth-order valence-electron chi connectivity index (χ4n) is 5.02. The molecule has 2 aromatic heterocycles. The van der Waals surface area contributed by atoms with Gasteiger partial charge in [-0.1, -0.05) is 119 Å². The summed E-state index contributed by atoms with van der Waals surface area (Å²) in [6.07, 6.45) is 15.9. The molecule has 0 saturated carbocycles. The second-order valence-corrected chi connectivity index (χ2v) is 14.4. The number of hydrogen-bond acceptors (Lipinski definition) is 2. The standard InChI is InChI=1S/C22H30S2.C11H20.C2H6/c1-8-10-13-21(5,6)15-22(7,9-2)18-14-20(24-17(18)4)19-12-11-16(3)23-19;1-6-7-8-11(4,5)9-10(2)3;1-2/h8,10-14H,1,9,15H2,2-7H3;6-8,10H,1,9H2,2-5H3;1-2H3/b13-10+;8-7+;. The van der Waals surface area contributed by atoms with Crippen LogP contribution in [0.25, 0.3) is 9.75 Å². The van der Waals surface area contributed by atoms with Gasteiger partial charge in [-0.2, -0.15) is 0 Å². The number of rotatable bonds is 11. The fourth-order valence-corrected chi connectivity index (χ4v) is 7.14. The Labute approximate surface area is 239 Å². The maximum absolute atomic E-state index is 3.81. The van der Waals surface area contributed by atoms with Crippen LogP contribution >= 0.6 is 22.7 Å². The number of hydrogen-bond donors (Lipinski definition) is 0. The Hall–Kier alpha value is -1.64. The van der Waals surface area contributed by atoms with Crippen LogP contribution in [0.2, 0.25) is 0 Å². The number of thiophene rings is 2. The fraction of sp³-hybridized carbons (Fsp3) is 0.543. The maximum atomic E-state index is 3.81. The molecule has 208 valence electrons. The smallest absolute Gasteiger partial charge is 0.0448 e. The third kappa shape index (κ3) is 12.6. The zero-order chi connectivity index (χ0) is 28.9. The highest BCUT2D eigenvalue weighted by Gasteiger charge is 2.33. The predicted molar refractivity (Wildman–Crippen MR) is 176 cm³/mol. The second kappa shape index (κ2) is 16.4. The lowest BCUT2D eigenvalue weighted by Crippen LogP contribution is -2.28. The molecule has 0 aliphatic rings. The first kappa shape index (κ1) is 35.4. The Kier molecular flexibility index (Phi) is 15.6. The Bertz CT molecular complexity index is 990. The van der Waals surface area contributed by atoms with Crippen molar-refractivity contribution >= 4 is 22.7 Å². The minimum Gasteiger partial charge on any atom is -0.140 e. The number of allylic oxidation sites excluding steroid dienone is 6. The van der Waals surface area contributed by atoms with Gasteiger partial charge in [0.25, 0.3) is 0 Å². The molecular formula is C35H56S2. The van der Waals surface area contributed by atoms with Gasteiger partial charge in [-0.05, 0) is 79.0 Å². The minimum atomic E-state index is 0.160. The summed E-state index contributed by atoms with van der Waals surface area (Å²) in [4.78, 5) is 5.66. The molecule has 0 nitrogen and oxygen atoms in total. The Morgan fingerprint density at radius 1 is 0.838 bits per heavy atom. The molecule has 0 aromatic carbocycles. The molecule has 0 fully saturated rings. The van der Waals surface area contributed by atoms with Crippen molar-refractivity contribution in [1.82, 2.24) is 0 Å². The van der Waals surface area contributed by atoms with E-state index in [1.54, 1.807) is 0 Å². The lowest BCUT2D eigenvalue weighted by atomic mass is 9.68. The molecule has 2 aromatic rings. The van der Waals surface area contributed by atoms with Gasteiger partial charge in [-0.3, -0.25) is 0 Å². The van der Waals surface area contributed by atoms with Crippen molar-refractivity contribution in [2.75, 3.05) is 0 Å². The molecule has 0 bridgehead atoms. The van der Waals surface area contributed by atoms with E-state index in [0.717, 1.165) is 18.8 Å². The van der Waals surface area contributed by atoms with E-state index in [0.29, 0.717) is 5.41 Å². The highest BCUT2D eigenvalue weighted by atomic mass is 32.1. The van der Waals surface area contributed by atoms with Gasteiger partial charge in [0.05, 0.1) is 0 Å². The molecule has 1 atom stereocenters. The third-order valence-electron chi connectivity index (χ3n) is 6.48. The van der Waals surface area contributed by atoms with Gasteiger partial charge in [0.1, 0.15) is 0 Å². The van der Waals surface area contributed by atoms with Crippen LogP contribution in [0.1, 0.15) is 104 Å². The lowest BCUT2D eigenvalue weighted by molar-refractivity contribution is 0.293. The normalized spacial score (nSPS) is 13.6. The molecule has 0 radical (unpaired) electrons. The molecule has 37 heavy (non-hydrogen) atoms. The number of aryl methyl sites for hydroxylation is 2. The van der Waals surface area contributed by atoms with E-state index in [-0.39, 0.29) is 10.8 Å². The van der Waals surface area contributed by atoms with E-state index in [4.69, 9.17) is 0 Å². The van der Waals surface area contributed by atoms with Gasteiger partial charge in [0.2, 0.25) is 0 Å². The van der Waals surface area contributed by atoms with Crippen LogP contribution in [0.4, 0.5) is 0 Å². The molecule has 0 N–H and O–H groups in total. The SMILES string of the molecule is C=C/C=C/C(C)(C)CC(C)(CC)c1cc(-c2ccc(C)s2)sc1C.C=C/C=C/C(C)(C)CC(C)C.CC. The van der Waals surface area contributed by atoms with E-state index in [1.807, 2.05) is 54.7 Å². The molecule has 2 heteroatoms.